The largest absolute Gasteiger partial charge is 0.264 e. The van der Waals surface area contributed by atoms with Crippen LogP contribution in [0.1, 0.15) is 6.42 Å². The van der Waals surface area contributed by atoms with Crippen molar-refractivity contribution >= 4 is 0 Å². The summed E-state index contributed by atoms with van der Waals surface area (Å²) >= 11 is 0. The van der Waals surface area contributed by atoms with Crippen LogP contribution in [0.3, 0.4) is 0 Å². The minimum absolute atomic E-state index is 1.05. The SMILES string of the molecule is C1=CC2=C[N]C=CC2=CC1. The van der Waals surface area contributed by atoms with Crippen LogP contribution in [0.5, 0.6) is 0 Å². The van der Waals surface area contributed by atoms with E-state index in [9.17, 15) is 0 Å². The van der Waals surface area contributed by atoms with Gasteiger partial charge in [-0.25, -0.2) is 0 Å². The van der Waals surface area contributed by atoms with Crippen LogP contribution in [-0.4, -0.2) is 0 Å². The first kappa shape index (κ1) is 5.54. The van der Waals surface area contributed by atoms with Gasteiger partial charge in [0.25, 0.3) is 0 Å². The Morgan fingerprint density at radius 3 is 3.10 bits per heavy atom. The highest BCUT2D eigenvalue weighted by molar-refractivity contribution is 5.50. The van der Waals surface area contributed by atoms with E-state index in [1.54, 1.807) is 0 Å². The average Bonchev–Trinajstić information content (AvgIpc) is 2.05. The normalized spacial score (nSPS) is 20.8. The summed E-state index contributed by atoms with van der Waals surface area (Å²) in [6.07, 6.45) is 13.3. The van der Waals surface area contributed by atoms with Crippen molar-refractivity contribution in [3.8, 4) is 0 Å². The summed E-state index contributed by atoms with van der Waals surface area (Å²) in [6.45, 7) is 0. The molecule has 0 spiro atoms. The molecule has 0 aromatic rings. The second-order valence-electron chi connectivity index (χ2n) is 2.35. The van der Waals surface area contributed by atoms with E-state index in [1.165, 1.54) is 11.1 Å². The molecule has 2 rings (SSSR count). The third kappa shape index (κ3) is 0.798. The zero-order valence-electron chi connectivity index (χ0n) is 5.62. The van der Waals surface area contributed by atoms with Crippen molar-refractivity contribution in [2.24, 2.45) is 0 Å². The summed E-state index contributed by atoms with van der Waals surface area (Å²) in [5, 5.41) is 4.03. The number of hydrogen-bond donors (Lipinski definition) is 0. The molecule has 0 saturated carbocycles. The Morgan fingerprint density at radius 1 is 1.20 bits per heavy atom. The molecule has 0 atom stereocenters. The molecular formula is C9H8N. The number of fused-ring (bicyclic) bond motifs is 1. The van der Waals surface area contributed by atoms with Crippen LogP contribution < -0.4 is 5.32 Å². The van der Waals surface area contributed by atoms with Crippen LogP contribution in [0.25, 0.3) is 0 Å². The molecule has 49 valence electrons. The summed E-state index contributed by atoms with van der Waals surface area (Å²) in [4.78, 5) is 0. The Morgan fingerprint density at radius 2 is 2.20 bits per heavy atom. The van der Waals surface area contributed by atoms with Crippen molar-refractivity contribution in [3.63, 3.8) is 0 Å². The van der Waals surface area contributed by atoms with Crippen molar-refractivity contribution in [3.05, 3.63) is 47.9 Å². The zero-order chi connectivity index (χ0) is 6.81. The lowest BCUT2D eigenvalue weighted by molar-refractivity contribution is 1.10. The summed E-state index contributed by atoms with van der Waals surface area (Å²) in [5.74, 6) is 0. The van der Waals surface area contributed by atoms with E-state index in [-0.39, 0.29) is 0 Å². The lowest BCUT2D eigenvalue weighted by Crippen LogP contribution is -1.98. The Balaban J connectivity index is 2.38. The highest BCUT2D eigenvalue weighted by atomic mass is 14.8. The van der Waals surface area contributed by atoms with Crippen LogP contribution in [0.4, 0.5) is 0 Å². The number of allylic oxidation sites excluding steroid dienone is 6. The number of hydrogen-bond acceptors (Lipinski definition) is 0. The Bertz CT molecular complexity index is 226. The first-order valence-corrected chi connectivity index (χ1v) is 3.40. The molecule has 0 aromatic heterocycles. The standard InChI is InChI=1S/C9H8N/c1-2-4-9-7-10-6-5-8(9)3-1/h2-7H,1H2. The van der Waals surface area contributed by atoms with Crippen LogP contribution >= 0.6 is 0 Å². The summed E-state index contributed by atoms with van der Waals surface area (Å²) in [6, 6.07) is 0. The van der Waals surface area contributed by atoms with Gasteiger partial charge in [0.2, 0.25) is 0 Å². The Kier molecular flexibility index (Phi) is 1.21. The van der Waals surface area contributed by atoms with Gasteiger partial charge in [-0.2, -0.15) is 0 Å². The molecule has 1 aliphatic carbocycles. The zero-order valence-corrected chi connectivity index (χ0v) is 5.62. The fourth-order valence-corrected chi connectivity index (χ4v) is 1.13. The molecule has 1 heterocycles. The van der Waals surface area contributed by atoms with Crippen LogP contribution in [-0.2, 0) is 0 Å². The number of nitrogens with zero attached hydrogens (tertiary/aromatic N) is 1. The summed E-state index contributed by atoms with van der Waals surface area (Å²) < 4.78 is 0. The van der Waals surface area contributed by atoms with E-state index in [4.69, 9.17) is 0 Å². The molecule has 0 aromatic carbocycles. The second kappa shape index (κ2) is 2.18. The monoisotopic (exact) mass is 130 g/mol. The quantitative estimate of drug-likeness (QED) is 0.475. The van der Waals surface area contributed by atoms with Gasteiger partial charge in [-0.15, -0.1) is 0 Å². The molecule has 0 unspecified atom stereocenters. The Labute approximate surface area is 60.4 Å². The minimum atomic E-state index is 1.05. The van der Waals surface area contributed by atoms with Gasteiger partial charge in [-0.1, -0.05) is 18.2 Å². The van der Waals surface area contributed by atoms with Crippen LogP contribution in [0, 0.1) is 0 Å². The molecule has 10 heavy (non-hydrogen) atoms. The molecule has 1 radical (unpaired) electrons. The highest BCUT2D eigenvalue weighted by Gasteiger charge is 2.04. The van der Waals surface area contributed by atoms with Crippen molar-refractivity contribution < 1.29 is 0 Å². The van der Waals surface area contributed by atoms with Gasteiger partial charge in [0.05, 0.1) is 0 Å². The molecule has 0 amide bonds. The van der Waals surface area contributed by atoms with E-state index in [0.29, 0.717) is 0 Å². The van der Waals surface area contributed by atoms with Crippen LogP contribution in [0.2, 0.25) is 0 Å². The fourth-order valence-electron chi connectivity index (χ4n) is 1.13. The third-order valence-corrected chi connectivity index (χ3v) is 1.66. The van der Waals surface area contributed by atoms with Gasteiger partial charge in [0.1, 0.15) is 0 Å². The minimum Gasteiger partial charge on any atom is -0.264 e. The average molecular weight is 130 g/mol. The molecule has 0 bridgehead atoms. The fraction of sp³-hybridized carbons (Fsp3) is 0.111. The topological polar surface area (TPSA) is 14.1 Å². The maximum atomic E-state index is 4.03. The van der Waals surface area contributed by atoms with E-state index in [2.05, 4.69) is 23.5 Å². The third-order valence-electron chi connectivity index (χ3n) is 1.66. The molecular weight excluding hydrogens is 122 g/mol. The lowest BCUT2D eigenvalue weighted by atomic mass is 9.99. The van der Waals surface area contributed by atoms with E-state index in [0.717, 1.165) is 6.42 Å². The van der Waals surface area contributed by atoms with Crippen molar-refractivity contribution in [2.45, 2.75) is 6.42 Å². The maximum Gasteiger partial charge on any atom is 0.0346 e. The molecule has 0 N–H and O–H groups in total. The Hall–Kier alpha value is -1.24. The molecule has 1 nitrogen and oxygen atoms in total. The first-order chi connectivity index (χ1) is 4.97. The summed E-state index contributed by atoms with van der Waals surface area (Å²) in [5.41, 5.74) is 2.53. The molecule has 1 aliphatic heterocycles. The molecule has 0 saturated heterocycles. The van der Waals surface area contributed by atoms with Gasteiger partial charge >= 0.3 is 0 Å². The van der Waals surface area contributed by atoms with E-state index < -0.39 is 0 Å². The predicted molar refractivity (Wildman–Crippen MR) is 41.2 cm³/mol. The van der Waals surface area contributed by atoms with Gasteiger partial charge in [-0.3, -0.25) is 5.32 Å². The van der Waals surface area contributed by atoms with Gasteiger partial charge < -0.3 is 0 Å². The highest BCUT2D eigenvalue weighted by Crippen LogP contribution is 2.20. The maximum absolute atomic E-state index is 4.03. The smallest absolute Gasteiger partial charge is 0.0346 e. The van der Waals surface area contributed by atoms with Gasteiger partial charge in [0, 0.05) is 12.4 Å². The van der Waals surface area contributed by atoms with Crippen molar-refractivity contribution in [1.29, 1.82) is 0 Å². The van der Waals surface area contributed by atoms with E-state index >= 15 is 0 Å². The van der Waals surface area contributed by atoms with E-state index in [1.807, 2.05) is 18.5 Å². The predicted octanol–water partition coefficient (Wildman–Crippen LogP) is 1.89. The van der Waals surface area contributed by atoms with Crippen molar-refractivity contribution in [1.82, 2.24) is 5.32 Å². The summed E-state index contributed by atoms with van der Waals surface area (Å²) in [7, 11) is 0. The number of rotatable bonds is 0. The molecule has 2 aliphatic rings. The van der Waals surface area contributed by atoms with Gasteiger partial charge in [0.15, 0.2) is 0 Å². The first-order valence-electron chi connectivity index (χ1n) is 3.40. The second-order valence-corrected chi connectivity index (χ2v) is 2.35. The lowest BCUT2D eigenvalue weighted by Gasteiger charge is -2.10. The molecule has 1 heteroatoms. The van der Waals surface area contributed by atoms with Crippen molar-refractivity contribution in [2.75, 3.05) is 0 Å². The van der Waals surface area contributed by atoms with Gasteiger partial charge in [-0.05, 0) is 23.6 Å². The van der Waals surface area contributed by atoms with Crippen LogP contribution in [0.15, 0.2) is 47.9 Å². The molecule has 0 fully saturated rings.